The Hall–Kier alpha value is -0.690. The van der Waals surface area contributed by atoms with Crippen LogP contribution >= 0.6 is 11.6 Å². The standard InChI is InChI=1S/C11H13ClN/c12-10-5-4-6-11(9-10)13-7-2-1-3-8-13/h4,6,9H,1-3,7-8H2. The highest BCUT2D eigenvalue weighted by atomic mass is 35.5. The summed E-state index contributed by atoms with van der Waals surface area (Å²) in [5, 5.41) is 0.711. The van der Waals surface area contributed by atoms with Crippen molar-refractivity contribution in [2.45, 2.75) is 19.3 Å². The molecule has 1 aliphatic rings. The predicted octanol–water partition coefficient (Wildman–Crippen LogP) is 3.13. The molecule has 1 radical (unpaired) electrons. The average Bonchev–Trinajstić information content (AvgIpc) is 2.19. The van der Waals surface area contributed by atoms with Crippen molar-refractivity contribution in [1.29, 1.82) is 0 Å². The lowest BCUT2D eigenvalue weighted by molar-refractivity contribution is 0.578. The Balaban J connectivity index is 2.14. The lowest BCUT2D eigenvalue weighted by atomic mass is 10.1. The number of nitrogens with zero attached hydrogens (tertiary/aromatic N) is 1. The molecule has 2 rings (SSSR count). The fraction of sp³-hybridized carbons (Fsp3) is 0.455. The van der Waals surface area contributed by atoms with Crippen LogP contribution in [0.3, 0.4) is 0 Å². The summed E-state index contributed by atoms with van der Waals surface area (Å²) in [4.78, 5) is 2.39. The lowest BCUT2D eigenvalue weighted by Gasteiger charge is -2.28. The predicted molar refractivity (Wildman–Crippen MR) is 56.4 cm³/mol. The van der Waals surface area contributed by atoms with Gasteiger partial charge in [-0.15, -0.1) is 0 Å². The third kappa shape index (κ3) is 2.16. The Bertz CT molecular complexity index is 279. The van der Waals surface area contributed by atoms with Gasteiger partial charge in [-0.25, -0.2) is 0 Å². The van der Waals surface area contributed by atoms with E-state index in [9.17, 15) is 0 Å². The highest BCUT2D eigenvalue weighted by Crippen LogP contribution is 2.22. The Labute approximate surface area is 84.3 Å². The van der Waals surface area contributed by atoms with Crippen molar-refractivity contribution in [2.75, 3.05) is 18.0 Å². The summed E-state index contributed by atoms with van der Waals surface area (Å²) in [6, 6.07) is 8.92. The fourth-order valence-electron chi connectivity index (χ4n) is 1.78. The highest BCUT2D eigenvalue weighted by molar-refractivity contribution is 6.30. The maximum Gasteiger partial charge on any atom is 0.0505 e. The Morgan fingerprint density at radius 3 is 2.69 bits per heavy atom. The average molecular weight is 195 g/mol. The molecule has 0 atom stereocenters. The van der Waals surface area contributed by atoms with Gasteiger partial charge >= 0.3 is 0 Å². The zero-order valence-electron chi connectivity index (χ0n) is 7.59. The van der Waals surface area contributed by atoms with E-state index >= 15 is 0 Å². The van der Waals surface area contributed by atoms with Gasteiger partial charge in [-0.2, -0.15) is 0 Å². The second kappa shape index (κ2) is 4.01. The quantitative estimate of drug-likeness (QED) is 0.664. The van der Waals surface area contributed by atoms with E-state index in [-0.39, 0.29) is 0 Å². The van der Waals surface area contributed by atoms with Crippen molar-refractivity contribution < 1.29 is 0 Å². The maximum absolute atomic E-state index is 5.88. The minimum atomic E-state index is 0.711. The highest BCUT2D eigenvalue weighted by Gasteiger charge is 2.10. The fourth-order valence-corrected chi connectivity index (χ4v) is 1.95. The summed E-state index contributed by atoms with van der Waals surface area (Å²) in [6.07, 6.45) is 3.97. The molecule has 0 bridgehead atoms. The number of hydrogen-bond acceptors (Lipinski definition) is 1. The van der Waals surface area contributed by atoms with Crippen LogP contribution in [0, 0.1) is 6.07 Å². The van der Waals surface area contributed by atoms with Crippen molar-refractivity contribution in [1.82, 2.24) is 0 Å². The van der Waals surface area contributed by atoms with Crippen LogP contribution in [-0.2, 0) is 0 Å². The summed E-state index contributed by atoms with van der Waals surface area (Å²) in [6.45, 7) is 2.33. The van der Waals surface area contributed by atoms with Crippen LogP contribution in [-0.4, -0.2) is 13.1 Å². The van der Waals surface area contributed by atoms with Crippen LogP contribution in [0.2, 0.25) is 5.02 Å². The summed E-state index contributed by atoms with van der Waals surface area (Å²) >= 11 is 5.88. The van der Waals surface area contributed by atoms with Crippen LogP contribution in [0.1, 0.15) is 19.3 Å². The van der Waals surface area contributed by atoms with E-state index in [0.29, 0.717) is 5.02 Å². The number of hydrogen-bond donors (Lipinski definition) is 0. The van der Waals surface area contributed by atoms with Crippen molar-refractivity contribution in [3.05, 3.63) is 29.3 Å². The molecule has 1 nitrogen and oxygen atoms in total. The van der Waals surface area contributed by atoms with Crippen LogP contribution in [0.5, 0.6) is 0 Å². The van der Waals surface area contributed by atoms with Gasteiger partial charge in [-0.1, -0.05) is 17.7 Å². The molecule has 13 heavy (non-hydrogen) atoms. The van der Waals surface area contributed by atoms with E-state index in [1.807, 2.05) is 12.1 Å². The van der Waals surface area contributed by atoms with Crippen LogP contribution in [0.15, 0.2) is 18.2 Å². The largest absolute Gasteiger partial charge is 0.371 e. The van der Waals surface area contributed by atoms with Crippen LogP contribution in [0.25, 0.3) is 0 Å². The van der Waals surface area contributed by atoms with Gasteiger partial charge in [0.05, 0.1) is 5.02 Å². The van der Waals surface area contributed by atoms with Crippen LogP contribution < -0.4 is 4.90 Å². The first-order valence-corrected chi connectivity index (χ1v) is 5.16. The minimum Gasteiger partial charge on any atom is -0.371 e. The van der Waals surface area contributed by atoms with Gasteiger partial charge in [0.2, 0.25) is 0 Å². The van der Waals surface area contributed by atoms with Crippen LogP contribution in [0.4, 0.5) is 5.69 Å². The molecular weight excluding hydrogens is 182 g/mol. The molecule has 69 valence electrons. The Morgan fingerprint density at radius 2 is 2.00 bits per heavy atom. The molecule has 0 amide bonds. The number of anilines is 1. The molecule has 1 saturated heterocycles. The topological polar surface area (TPSA) is 3.24 Å². The first kappa shape index (κ1) is 8.89. The second-order valence-corrected chi connectivity index (χ2v) is 3.85. The SMILES string of the molecule is Clc1[c]ccc(N2CCCCC2)c1. The maximum atomic E-state index is 5.88. The smallest absolute Gasteiger partial charge is 0.0505 e. The van der Waals surface area contributed by atoms with Crippen molar-refractivity contribution >= 4 is 17.3 Å². The van der Waals surface area contributed by atoms with E-state index in [2.05, 4.69) is 17.0 Å². The van der Waals surface area contributed by atoms with Gasteiger partial charge in [0, 0.05) is 24.8 Å². The van der Waals surface area contributed by atoms with Gasteiger partial charge in [0.1, 0.15) is 0 Å². The van der Waals surface area contributed by atoms with E-state index in [1.54, 1.807) is 0 Å². The monoisotopic (exact) mass is 194 g/mol. The van der Waals surface area contributed by atoms with Crippen molar-refractivity contribution in [3.8, 4) is 0 Å². The van der Waals surface area contributed by atoms with E-state index in [1.165, 1.54) is 38.0 Å². The first-order valence-electron chi connectivity index (χ1n) is 4.78. The zero-order chi connectivity index (χ0) is 9.10. The van der Waals surface area contributed by atoms with Gasteiger partial charge in [-0.05, 0) is 31.4 Å². The summed E-state index contributed by atoms with van der Waals surface area (Å²) in [5.74, 6) is 0. The molecule has 0 saturated carbocycles. The van der Waals surface area contributed by atoms with Gasteiger partial charge in [-0.3, -0.25) is 0 Å². The minimum absolute atomic E-state index is 0.711. The van der Waals surface area contributed by atoms with E-state index < -0.39 is 0 Å². The molecule has 0 spiro atoms. The molecule has 1 aromatic rings. The Morgan fingerprint density at radius 1 is 1.23 bits per heavy atom. The molecule has 1 aromatic carbocycles. The number of rotatable bonds is 1. The summed E-state index contributed by atoms with van der Waals surface area (Å²) in [7, 11) is 0. The van der Waals surface area contributed by atoms with E-state index in [4.69, 9.17) is 11.6 Å². The lowest BCUT2D eigenvalue weighted by Crippen LogP contribution is -2.29. The number of piperidine rings is 1. The second-order valence-electron chi connectivity index (χ2n) is 3.44. The molecule has 1 heterocycles. The molecule has 1 aliphatic heterocycles. The number of halogens is 1. The van der Waals surface area contributed by atoms with Gasteiger partial charge < -0.3 is 4.90 Å². The molecule has 0 aliphatic carbocycles. The molecule has 2 heteroatoms. The van der Waals surface area contributed by atoms with Crippen molar-refractivity contribution in [3.63, 3.8) is 0 Å². The van der Waals surface area contributed by atoms with Gasteiger partial charge in [0.15, 0.2) is 0 Å². The molecule has 1 fully saturated rings. The third-order valence-corrected chi connectivity index (χ3v) is 2.69. The molecular formula is C11H13ClN. The number of benzene rings is 1. The normalized spacial score (nSPS) is 17.5. The molecule has 0 aromatic heterocycles. The Kier molecular flexibility index (Phi) is 2.74. The van der Waals surface area contributed by atoms with E-state index in [0.717, 1.165) is 0 Å². The van der Waals surface area contributed by atoms with Gasteiger partial charge in [0.25, 0.3) is 0 Å². The first-order chi connectivity index (χ1) is 6.36. The zero-order valence-corrected chi connectivity index (χ0v) is 8.35. The summed E-state index contributed by atoms with van der Waals surface area (Å²) in [5.41, 5.74) is 1.24. The summed E-state index contributed by atoms with van der Waals surface area (Å²) < 4.78 is 0. The van der Waals surface area contributed by atoms with Crippen molar-refractivity contribution in [2.24, 2.45) is 0 Å². The molecule has 0 N–H and O–H groups in total. The molecule has 0 unspecified atom stereocenters. The third-order valence-electron chi connectivity index (χ3n) is 2.47.